The summed E-state index contributed by atoms with van der Waals surface area (Å²) in [6.45, 7) is 6.28. The van der Waals surface area contributed by atoms with E-state index in [0.717, 1.165) is 38.9 Å². The Balaban J connectivity index is 2.16. The molecule has 21 heavy (non-hydrogen) atoms. The average Bonchev–Trinajstić information content (AvgIpc) is 2.89. The van der Waals surface area contributed by atoms with Gasteiger partial charge in [-0.3, -0.25) is 9.89 Å². The molecule has 0 radical (unpaired) electrons. The van der Waals surface area contributed by atoms with Gasteiger partial charge in [-0.2, -0.15) is 5.10 Å². The van der Waals surface area contributed by atoms with Crippen molar-refractivity contribution < 1.29 is 4.79 Å². The Morgan fingerprint density at radius 2 is 1.67 bits per heavy atom. The van der Waals surface area contributed by atoms with Crippen LogP contribution in [0.5, 0.6) is 0 Å². The van der Waals surface area contributed by atoms with Gasteiger partial charge in [0.05, 0.1) is 11.3 Å². The van der Waals surface area contributed by atoms with Crippen LogP contribution < -0.4 is 0 Å². The number of hydrogen-bond donors (Lipinski definition) is 1. The van der Waals surface area contributed by atoms with Crippen LogP contribution in [-0.2, 0) is 5.41 Å². The monoisotopic (exact) mass is 276 g/mol. The van der Waals surface area contributed by atoms with Crippen molar-refractivity contribution in [2.24, 2.45) is 0 Å². The molecule has 1 heterocycles. The molecular weight excluding hydrogens is 260 g/mol. The molecular formula is C18H16N2O. The molecule has 0 amide bonds. The summed E-state index contributed by atoms with van der Waals surface area (Å²) < 4.78 is 0. The lowest BCUT2D eigenvalue weighted by molar-refractivity contribution is 0.103. The zero-order chi connectivity index (χ0) is 14.8. The van der Waals surface area contributed by atoms with E-state index >= 15 is 0 Å². The summed E-state index contributed by atoms with van der Waals surface area (Å²) in [4.78, 5) is 13.0. The third-order valence-electron chi connectivity index (χ3n) is 4.15. The van der Waals surface area contributed by atoms with Gasteiger partial charge in [0.25, 0.3) is 0 Å². The molecule has 0 aliphatic heterocycles. The minimum Gasteiger partial charge on any atom is -0.288 e. The van der Waals surface area contributed by atoms with Gasteiger partial charge in [0.15, 0.2) is 5.78 Å². The Morgan fingerprint density at radius 3 is 2.33 bits per heavy atom. The Kier molecular flexibility index (Phi) is 2.24. The number of hydrogen-bond acceptors (Lipinski definition) is 2. The SMILES string of the molecule is CC(C)(C)c1[nH]nc2c1C(=O)c1cccc3cccc-2c13. The zero-order valence-electron chi connectivity index (χ0n) is 12.3. The van der Waals surface area contributed by atoms with Crippen LogP contribution in [-0.4, -0.2) is 16.0 Å². The molecule has 0 saturated carbocycles. The van der Waals surface area contributed by atoms with Crippen molar-refractivity contribution in [2.75, 3.05) is 0 Å². The number of H-pyrrole nitrogens is 1. The number of rotatable bonds is 0. The van der Waals surface area contributed by atoms with E-state index in [2.05, 4.69) is 31.0 Å². The molecule has 0 bridgehead atoms. The highest BCUT2D eigenvalue weighted by molar-refractivity contribution is 6.25. The standard InChI is InChI=1S/C18H16N2O/c1-18(2,3)17-14-15(19-20-17)11-8-4-6-10-7-5-9-12(13(10)11)16(14)21/h4-9H,1-3H3,(H,19,20). The first-order chi connectivity index (χ1) is 9.98. The zero-order valence-corrected chi connectivity index (χ0v) is 12.3. The number of fused-ring (bicyclic) bond motifs is 2. The number of carbonyl (C=O) groups excluding carboxylic acids is 1. The van der Waals surface area contributed by atoms with Crippen molar-refractivity contribution in [1.29, 1.82) is 0 Å². The third-order valence-corrected chi connectivity index (χ3v) is 4.15. The predicted octanol–water partition coefficient (Wildman–Crippen LogP) is 4.07. The Labute approximate surface area is 123 Å². The van der Waals surface area contributed by atoms with E-state index in [9.17, 15) is 4.79 Å². The molecule has 3 heteroatoms. The summed E-state index contributed by atoms with van der Waals surface area (Å²) in [5.41, 5.74) is 4.11. The van der Waals surface area contributed by atoms with Gasteiger partial charge < -0.3 is 0 Å². The average molecular weight is 276 g/mol. The minimum absolute atomic E-state index is 0.0768. The summed E-state index contributed by atoms with van der Waals surface area (Å²) in [7, 11) is 0. The van der Waals surface area contributed by atoms with Crippen LogP contribution in [0.4, 0.5) is 0 Å². The largest absolute Gasteiger partial charge is 0.288 e. The number of nitrogens with one attached hydrogen (secondary N) is 1. The molecule has 2 aromatic carbocycles. The summed E-state index contributed by atoms with van der Waals surface area (Å²) in [5.74, 6) is 0.0768. The maximum atomic E-state index is 13.0. The van der Waals surface area contributed by atoms with Crippen molar-refractivity contribution >= 4 is 16.6 Å². The first kappa shape index (κ1) is 12.3. The van der Waals surface area contributed by atoms with Gasteiger partial charge in [0.1, 0.15) is 5.69 Å². The highest BCUT2D eigenvalue weighted by Crippen LogP contribution is 2.41. The molecule has 0 atom stereocenters. The van der Waals surface area contributed by atoms with Crippen LogP contribution in [0.1, 0.15) is 42.4 Å². The lowest BCUT2D eigenvalue weighted by Crippen LogP contribution is -2.19. The van der Waals surface area contributed by atoms with Gasteiger partial charge in [-0.1, -0.05) is 57.2 Å². The lowest BCUT2D eigenvalue weighted by atomic mass is 9.80. The maximum absolute atomic E-state index is 13.0. The smallest absolute Gasteiger partial charge is 0.197 e. The van der Waals surface area contributed by atoms with Crippen LogP contribution >= 0.6 is 0 Å². The second kappa shape index (κ2) is 3.82. The topological polar surface area (TPSA) is 45.8 Å². The second-order valence-corrected chi connectivity index (χ2v) is 6.61. The van der Waals surface area contributed by atoms with Crippen LogP contribution in [0.3, 0.4) is 0 Å². The minimum atomic E-state index is -0.142. The summed E-state index contributed by atoms with van der Waals surface area (Å²) in [6.07, 6.45) is 0. The van der Waals surface area contributed by atoms with E-state index in [1.165, 1.54) is 0 Å². The summed E-state index contributed by atoms with van der Waals surface area (Å²) >= 11 is 0. The van der Waals surface area contributed by atoms with Crippen LogP contribution in [0, 0.1) is 0 Å². The van der Waals surface area contributed by atoms with Gasteiger partial charge in [0.2, 0.25) is 0 Å². The molecule has 0 unspecified atom stereocenters. The fourth-order valence-electron chi connectivity index (χ4n) is 3.16. The highest BCUT2D eigenvalue weighted by atomic mass is 16.1. The van der Waals surface area contributed by atoms with E-state index in [1.807, 2.05) is 36.4 Å². The molecule has 1 aliphatic rings. The molecule has 3 aromatic rings. The number of benzene rings is 2. The van der Waals surface area contributed by atoms with E-state index in [4.69, 9.17) is 0 Å². The van der Waals surface area contributed by atoms with Crippen LogP contribution in [0.25, 0.3) is 22.0 Å². The van der Waals surface area contributed by atoms with E-state index in [1.54, 1.807) is 0 Å². The van der Waals surface area contributed by atoms with Crippen molar-refractivity contribution in [3.8, 4) is 11.3 Å². The van der Waals surface area contributed by atoms with Gasteiger partial charge in [-0.15, -0.1) is 0 Å². The lowest BCUT2D eigenvalue weighted by Gasteiger charge is -2.21. The molecule has 1 aromatic heterocycles. The van der Waals surface area contributed by atoms with E-state index < -0.39 is 0 Å². The fourth-order valence-corrected chi connectivity index (χ4v) is 3.16. The third kappa shape index (κ3) is 1.54. The molecule has 4 rings (SSSR count). The van der Waals surface area contributed by atoms with Gasteiger partial charge in [-0.05, 0) is 5.39 Å². The Morgan fingerprint density at radius 1 is 1.00 bits per heavy atom. The van der Waals surface area contributed by atoms with Crippen molar-refractivity contribution in [2.45, 2.75) is 26.2 Å². The molecule has 0 saturated heterocycles. The number of nitrogens with zero attached hydrogens (tertiary/aromatic N) is 1. The van der Waals surface area contributed by atoms with Crippen molar-refractivity contribution in [1.82, 2.24) is 10.2 Å². The molecule has 0 fully saturated rings. The van der Waals surface area contributed by atoms with Crippen LogP contribution in [0.15, 0.2) is 36.4 Å². The second-order valence-electron chi connectivity index (χ2n) is 6.61. The normalized spacial score (nSPS) is 13.6. The van der Waals surface area contributed by atoms with Crippen LogP contribution in [0.2, 0.25) is 0 Å². The van der Waals surface area contributed by atoms with Crippen molar-refractivity contribution in [3.05, 3.63) is 53.2 Å². The number of carbonyl (C=O) groups is 1. The predicted molar refractivity (Wildman–Crippen MR) is 83.7 cm³/mol. The molecule has 1 aliphatic carbocycles. The maximum Gasteiger partial charge on any atom is 0.197 e. The van der Waals surface area contributed by atoms with Gasteiger partial charge in [0, 0.05) is 21.9 Å². The number of aromatic amines is 1. The molecule has 0 spiro atoms. The highest BCUT2D eigenvalue weighted by Gasteiger charge is 2.33. The first-order valence-corrected chi connectivity index (χ1v) is 7.14. The first-order valence-electron chi connectivity index (χ1n) is 7.14. The quantitative estimate of drug-likeness (QED) is 0.526. The number of aromatic nitrogens is 2. The van der Waals surface area contributed by atoms with Gasteiger partial charge in [-0.25, -0.2) is 0 Å². The van der Waals surface area contributed by atoms with E-state index in [0.29, 0.717) is 0 Å². The van der Waals surface area contributed by atoms with Crippen molar-refractivity contribution in [3.63, 3.8) is 0 Å². The number of ketones is 1. The molecule has 1 N–H and O–H groups in total. The van der Waals surface area contributed by atoms with E-state index in [-0.39, 0.29) is 11.2 Å². The Bertz CT molecular complexity index is 892. The fraction of sp³-hybridized carbons (Fsp3) is 0.222. The summed E-state index contributed by atoms with van der Waals surface area (Å²) in [6, 6.07) is 12.0. The van der Waals surface area contributed by atoms with Gasteiger partial charge >= 0.3 is 0 Å². The molecule has 104 valence electrons. The summed E-state index contributed by atoms with van der Waals surface area (Å²) in [5, 5.41) is 9.65. The molecule has 3 nitrogen and oxygen atoms in total. The Hall–Kier alpha value is -2.42.